The molecular formula is C23H32O4. The second kappa shape index (κ2) is 9.67. The van der Waals surface area contributed by atoms with Gasteiger partial charge in [-0.1, -0.05) is 60.7 Å². The van der Waals surface area contributed by atoms with Crippen LogP contribution in [0.5, 0.6) is 0 Å². The first-order valence-electron chi connectivity index (χ1n) is 9.07. The van der Waals surface area contributed by atoms with Crippen molar-refractivity contribution < 1.29 is 19.3 Å². The molecule has 0 aromatic heterocycles. The molecule has 4 heteroatoms. The third-order valence-electron chi connectivity index (χ3n) is 3.80. The number of carbonyl (C=O) groups excluding carboxylic acids is 1. The summed E-state index contributed by atoms with van der Waals surface area (Å²) in [5.41, 5.74) is 0.871. The van der Waals surface area contributed by atoms with Crippen LogP contribution in [0.15, 0.2) is 60.7 Å². The van der Waals surface area contributed by atoms with Gasteiger partial charge in [-0.3, -0.25) is 4.79 Å². The lowest BCUT2D eigenvalue weighted by Crippen LogP contribution is -2.29. The zero-order valence-electron chi connectivity index (χ0n) is 17.5. The van der Waals surface area contributed by atoms with Gasteiger partial charge < -0.3 is 4.74 Å². The molecule has 0 unspecified atom stereocenters. The lowest BCUT2D eigenvalue weighted by Gasteiger charge is -2.31. The van der Waals surface area contributed by atoms with Gasteiger partial charge in [-0.05, 0) is 59.6 Å². The lowest BCUT2D eigenvalue weighted by molar-refractivity contribution is -0.410. The molecular weight excluding hydrogens is 340 g/mol. The molecule has 0 fully saturated rings. The predicted molar refractivity (Wildman–Crippen MR) is 108 cm³/mol. The number of carbonyl (C=O) groups is 1. The average Bonchev–Trinajstić information content (AvgIpc) is 2.61. The van der Waals surface area contributed by atoms with E-state index < -0.39 is 11.2 Å². The van der Waals surface area contributed by atoms with Crippen LogP contribution in [0.25, 0.3) is 0 Å². The molecule has 0 saturated heterocycles. The van der Waals surface area contributed by atoms with Gasteiger partial charge in [0.25, 0.3) is 6.47 Å². The third-order valence-corrected chi connectivity index (χ3v) is 3.80. The molecule has 0 aliphatic carbocycles. The fourth-order valence-corrected chi connectivity index (χ4v) is 2.13. The van der Waals surface area contributed by atoms with Crippen LogP contribution < -0.4 is 0 Å². The molecule has 0 bridgehead atoms. The van der Waals surface area contributed by atoms with Crippen molar-refractivity contribution in [3.05, 3.63) is 71.8 Å². The van der Waals surface area contributed by atoms with E-state index in [1.165, 1.54) is 0 Å². The molecule has 27 heavy (non-hydrogen) atoms. The van der Waals surface area contributed by atoms with E-state index in [9.17, 15) is 4.79 Å². The van der Waals surface area contributed by atoms with E-state index in [1.54, 1.807) is 0 Å². The molecule has 0 saturated carbocycles. The van der Waals surface area contributed by atoms with Crippen LogP contribution in [0, 0.1) is 0 Å². The second-order valence-corrected chi connectivity index (χ2v) is 8.25. The third kappa shape index (κ3) is 8.37. The molecule has 0 radical (unpaired) electrons. The first kappa shape index (κ1) is 22.9. The summed E-state index contributed by atoms with van der Waals surface area (Å²) in [6.07, 6.45) is 0. The summed E-state index contributed by atoms with van der Waals surface area (Å²) in [5, 5.41) is 0. The van der Waals surface area contributed by atoms with E-state index in [0.29, 0.717) is 6.47 Å². The molecule has 0 aliphatic rings. The maximum absolute atomic E-state index is 9.60. The minimum atomic E-state index is -0.493. The van der Waals surface area contributed by atoms with Gasteiger partial charge in [0.1, 0.15) is 16.8 Å². The predicted octanol–water partition coefficient (Wildman–Crippen LogP) is 5.76. The van der Waals surface area contributed by atoms with Crippen molar-refractivity contribution in [1.29, 1.82) is 0 Å². The zero-order valence-corrected chi connectivity index (χ0v) is 17.5. The summed E-state index contributed by atoms with van der Waals surface area (Å²) < 4.78 is 4.55. The summed E-state index contributed by atoms with van der Waals surface area (Å²) in [6, 6.07) is 20.2. The molecule has 148 valence electrons. The zero-order chi connectivity index (χ0) is 20.6. The fraction of sp³-hybridized carbons (Fsp3) is 0.435. The number of ether oxygens (including phenoxy) is 1. The minimum Gasteiger partial charge on any atom is -0.462 e. The van der Waals surface area contributed by atoms with Crippen LogP contribution >= 0.6 is 0 Å². The highest BCUT2D eigenvalue weighted by Crippen LogP contribution is 2.31. The van der Waals surface area contributed by atoms with Crippen molar-refractivity contribution in [3.8, 4) is 0 Å². The van der Waals surface area contributed by atoms with Gasteiger partial charge in [-0.25, -0.2) is 9.78 Å². The van der Waals surface area contributed by atoms with Crippen molar-refractivity contribution >= 4 is 6.47 Å². The van der Waals surface area contributed by atoms with Gasteiger partial charge in [0.05, 0.1) is 0 Å². The minimum absolute atomic E-state index is 0.318. The van der Waals surface area contributed by atoms with Crippen molar-refractivity contribution in [2.75, 3.05) is 0 Å². The van der Waals surface area contributed by atoms with Crippen molar-refractivity contribution in [1.82, 2.24) is 0 Å². The molecule has 2 rings (SSSR count). The maximum atomic E-state index is 9.60. The summed E-state index contributed by atoms with van der Waals surface area (Å²) >= 11 is 0. The van der Waals surface area contributed by atoms with Crippen LogP contribution in [-0.4, -0.2) is 12.1 Å². The van der Waals surface area contributed by atoms with E-state index in [4.69, 9.17) is 9.78 Å². The monoisotopic (exact) mass is 372 g/mol. The Morgan fingerprint density at radius 3 is 1.19 bits per heavy atom. The smallest absolute Gasteiger partial charge is 0.293 e. The Labute approximate surface area is 163 Å². The van der Waals surface area contributed by atoms with Crippen molar-refractivity contribution in [3.63, 3.8) is 0 Å². The Morgan fingerprint density at radius 2 is 0.963 bits per heavy atom. The molecule has 0 atom stereocenters. The van der Waals surface area contributed by atoms with Crippen LogP contribution in [0.2, 0.25) is 0 Å². The first-order valence-corrected chi connectivity index (χ1v) is 9.07. The van der Waals surface area contributed by atoms with Crippen LogP contribution in [-0.2, 0) is 30.5 Å². The summed E-state index contributed by atoms with van der Waals surface area (Å²) in [5.74, 6) is 0. The molecule has 4 nitrogen and oxygen atoms in total. The Balaban J connectivity index is 0.000000445. The normalized spacial score (nSPS) is 12.0. The number of hydrogen-bond acceptors (Lipinski definition) is 4. The Bertz CT molecular complexity index is 619. The van der Waals surface area contributed by atoms with Crippen LogP contribution in [0.1, 0.15) is 59.6 Å². The first-order chi connectivity index (χ1) is 12.5. The largest absolute Gasteiger partial charge is 0.462 e. The molecule has 0 amide bonds. The van der Waals surface area contributed by atoms with Gasteiger partial charge in [-0.15, -0.1) is 0 Å². The highest BCUT2D eigenvalue weighted by atomic mass is 17.2. The van der Waals surface area contributed by atoms with Gasteiger partial charge >= 0.3 is 0 Å². The van der Waals surface area contributed by atoms with Gasteiger partial charge in [0.15, 0.2) is 0 Å². The molecule has 2 aromatic carbocycles. The average molecular weight is 373 g/mol. The Morgan fingerprint density at radius 1 is 0.630 bits per heavy atom. The molecule has 2 aromatic rings. The molecule has 0 aliphatic heterocycles. The van der Waals surface area contributed by atoms with E-state index in [1.807, 2.05) is 109 Å². The highest BCUT2D eigenvalue weighted by molar-refractivity contribution is 5.37. The Hall–Kier alpha value is -2.17. The fourth-order valence-electron chi connectivity index (χ4n) is 2.13. The summed E-state index contributed by atoms with van der Waals surface area (Å²) in [6.45, 7) is 13.9. The van der Waals surface area contributed by atoms with Crippen LogP contribution in [0.3, 0.4) is 0 Å². The molecule has 0 heterocycles. The topological polar surface area (TPSA) is 44.8 Å². The van der Waals surface area contributed by atoms with Gasteiger partial charge in [0.2, 0.25) is 0 Å². The standard InChI is InChI=1S/C18H22O2.C5H10O2/c1-17(2,15-11-7-5-8-12-15)19-20-18(3,4)16-13-9-6-10-14-16;1-5(2,3)7-4-6/h5-14H,1-4H3;4H,1-3H3. The van der Waals surface area contributed by atoms with Crippen LogP contribution in [0.4, 0.5) is 0 Å². The van der Waals surface area contributed by atoms with Crippen molar-refractivity contribution in [2.24, 2.45) is 0 Å². The maximum Gasteiger partial charge on any atom is 0.293 e. The Kier molecular flexibility index (Phi) is 8.20. The lowest BCUT2D eigenvalue weighted by atomic mass is 9.98. The van der Waals surface area contributed by atoms with Gasteiger partial charge in [-0.2, -0.15) is 0 Å². The van der Waals surface area contributed by atoms with E-state index >= 15 is 0 Å². The van der Waals surface area contributed by atoms with E-state index in [0.717, 1.165) is 11.1 Å². The molecule has 0 N–H and O–H groups in total. The quantitative estimate of drug-likeness (QED) is 0.367. The summed E-state index contributed by atoms with van der Waals surface area (Å²) in [4.78, 5) is 21.1. The van der Waals surface area contributed by atoms with E-state index in [-0.39, 0.29) is 5.60 Å². The summed E-state index contributed by atoms with van der Waals surface area (Å²) in [7, 11) is 0. The highest BCUT2D eigenvalue weighted by Gasteiger charge is 2.29. The van der Waals surface area contributed by atoms with Crippen molar-refractivity contribution in [2.45, 2.75) is 65.3 Å². The number of rotatable bonds is 6. The number of hydrogen-bond donors (Lipinski definition) is 0. The van der Waals surface area contributed by atoms with Gasteiger partial charge in [0, 0.05) is 0 Å². The number of benzene rings is 2. The second-order valence-electron chi connectivity index (χ2n) is 8.25. The molecule has 0 spiro atoms. The van der Waals surface area contributed by atoms with E-state index in [2.05, 4.69) is 4.74 Å². The SMILES string of the molecule is CC(C)(C)OC=O.CC(C)(OOC(C)(C)c1ccccc1)c1ccccc1.